The Morgan fingerprint density at radius 2 is 2.00 bits per heavy atom. The molecule has 0 aromatic heterocycles. The molecular weight excluding hydrogens is 238 g/mol. The molecule has 3 nitrogen and oxygen atoms in total. The molecule has 2 saturated heterocycles. The quantitative estimate of drug-likeness (QED) is 0.764. The number of ether oxygens (including phenoxy) is 1. The molecule has 4 atom stereocenters. The number of carbonyl (C=O) groups excluding carboxylic acids is 1. The van der Waals surface area contributed by atoms with Crippen LogP contribution in [-0.2, 0) is 9.53 Å². The van der Waals surface area contributed by atoms with Gasteiger partial charge in [-0.3, -0.25) is 9.69 Å². The number of esters is 1. The molecule has 2 aliphatic heterocycles. The van der Waals surface area contributed by atoms with E-state index in [4.69, 9.17) is 4.74 Å². The van der Waals surface area contributed by atoms with E-state index in [2.05, 4.69) is 36.2 Å². The first-order chi connectivity index (χ1) is 9.22. The number of hydrogen-bond acceptors (Lipinski definition) is 3. The summed E-state index contributed by atoms with van der Waals surface area (Å²) in [5, 5.41) is 0. The van der Waals surface area contributed by atoms with Crippen molar-refractivity contribution in [1.29, 1.82) is 0 Å². The van der Waals surface area contributed by atoms with Crippen molar-refractivity contribution in [1.82, 2.24) is 4.90 Å². The van der Waals surface area contributed by atoms with Crippen LogP contribution in [0.5, 0.6) is 0 Å². The fraction of sp³-hybridized carbons (Fsp3) is 0.562. The molecule has 1 aromatic rings. The van der Waals surface area contributed by atoms with Gasteiger partial charge in [-0.25, -0.2) is 0 Å². The van der Waals surface area contributed by atoms with E-state index in [1.165, 1.54) is 25.5 Å². The third-order valence-electron chi connectivity index (χ3n) is 4.96. The summed E-state index contributed by atoms with van der Waals surface area (Å²) in [7, 11) is 3.70. The monoisotopic (exact) mass is 259 g/mol. The molecule has 3 rings (SSSR count). The van der Waals surface area contributed by atoms with Gasteiger partial charge >= 0.3 is 5.97 Å². The molecule has 0 N–H and O–H groups in total. The molecular formula is C16H21NO2. The van der Waals surface area contributed by atoms with E-state index in [1.807, 2.05) is 6.07 Å². The number of hydrogen-bond donors (Lipinski definition) is 0. The van der Waals surface area contributed by atoms with E-state index in [0.29, 0.717) is 12.1 Å². The van der Waals surface area contributed by atoms with Crippen LogP contribution in [-0.4, -0.2) is 37.1 Å². The molecule has 102 valence electrons. The zero-order chi connectivity index (χ0) is 13.4. The van der Waals surface area contributed by atoms with Crippen LogP contribution < -0.4 is 0 Å². The second-order valence-electron chi connectivity index (χ2n) is 5.77. The van der Waals surface area contributed by atoms with Crippen LogP contribution in [0.1, 0.15) is 30.7 Å². The van der Waals surface area contributed by atoms with E-state index >= 15 is 0 Å². The minimum absolute atomic E-state index is 0.0149. The first-order valence-corrected chi connectivity index (χ1v) is 7.07. The van der Waals surface area contributed by atoms with Gasteiger partial charge in [0.25, 0.3) is 0 Å². The highest BCUT2D eigenvalue weighted by Gasteiger charge is 2.48. The van der Waals surface area contributed by atoms with Crippen molar-refractivity contribution in [2.45, 2.75) is 37.3 Å². The Bertz CT molecular complexity index is 459. The lowest BCUT2D eigenvalue weighted by atomic mass is 9.76. The maximum Gasteiger partial charge on any atom is 0.309 e. The summed E-state index contributed by atoms with van der Waals surface area (Å²) in [6.45, 7) is 0. The number of methoxy groups -OCH3 is 1. The number of rotatable bonds is 2. The SMILES string of the molecule is COC(=O)C1CC2CCC(C1c1ccccc1)N2C. The van der Waals surface area contributed by atoms with Crippen molar-refractivity contribution in [3.63, 3.8) is 0 Å². The largest absolute Gasteiger partial charge is 0.469 e. The topological polar surface area (TPSA) is 29.5 Å². The summed E-state index contributed by atoms with van der Waals surface area (Å²) in [6, 6.07) is 11.5. The molecule has 2 heterocycles. The second-order valence-corrected chi connectivity index (χ2v) is 5.77. The maximum absolute atomic E-state index is 12.1. The minimum Gasteiger partial charge on any atom is -0.469 e. The molecule has 2 aliphatic rings. The Kier molecular flexibility index (Phi) is 3.31. The van der Waals surface area contributed by atoms with Gasteiger partial charge in [-0.15, -0.1) is 0 Å². The lowest BCUT2D eigenvalue weighted by Crippen LogP contribution is -2.47. The Morgan fingerprint density at radius 1 is 1.26 bits per heavy atom. The van der Waals surface area contributed by atoms with Crippen LogP contribution in [0.15, 0.2) is 30.3 Å². The summed E-state index contributed by atoms with van der Waals surface area (Å²) >= 11 is 0. The smallest absolute Gasteiger partial charge is 0.309 e. The number of carbonyl (C=O) groups is 1. The van der Waals surface area contributed by atoms with Crippen LogP contribution in [0.25, 0.3) is 0 Å². The van der Waals surface area contributed by atoms with Gasteiger partial charge in [0.2, 0.25) is 0 Å². The number of benzene rings is 1. The standard InChI is InChI=1S/C16H21NO2/c1-17-12-8-9-14(17)15(11-6-4-3-5-7-11)13(10-12)16(18)19-2/h3-7,12-15H,8-10H2,1-2H3. The van der Waals surface area contributed by atoms with Crippen molar-refractivity contribution >= 4 is 5.97 Å². The average Bonchev–Trinajstić information content (AvgIpc) is 2.70. The number of piperidine rings is 1. The molecule has 2 bridgehead atoms. The Hall–Kier alpha value is -1.35. The summed E-state index contributed by atoms with van der Waals surface area (Å²) in [6.07, 6.45) is 3.32. The highest BCUT2D eigenvalue weighted by atomic mass is 16.5. The molecule has 0 saturated carbocycles. The minimum atomic E-state index is -0.0427. The zero-order valence-corrected chi connectivity index (χ0v) is 11.6. The molecule has 19 heavy (non-hydrogen) atoms. The molecule has 2 fully saturated rings. The van der Waals surface area contributed by atoms with Gasteiger partial charge in [0, 0.05) is 18.0 Å². The van der Waals surface area contributed by atoms with Crippen LogP contribution in [0.3, 0.4) is 0 Å². The summed E-state index contributed by atoms with van der Waals surface area (Å²) < 4.78 is 5.04. The van der Waals surface area contributed by atoms with Crippen LogP contribution in [0.4, 0.5) is 0 Å². The number of nitrogens with zero attached hydrogens (tertiary/aromatic N) is 1. The molecule has 0 spiro atoms. The first-order valence-electron chi connectivity index (χ1n) is 7.07. The fourth-order valence-corrected chi connectivity index (χ4v) is 3.99. The van der Waals surface area contributed by atoms with Gasteiger partial charge in [-0.2, -0.15) is 0 Å². The van der Waals surface area contributed by atoms with E-state index in [1.54, 1.807) is 0 Å². The summed E-state index contributed by atoms with van der Waals surface area (Å²) in [4.78, 5) is 14.6. The third kappa shape index (κ3) is 2.06. The average molecular weight is 259 g/mol. The predicted molar refractivity (Wildman–Crippen MR) is 73.9 cm³/mol. The number of likely N-dealkylation sites (N-methyl/N-ethyl adjacent to an activating group) is 1. The van der Waals surface area contributed by atoms with Gasteiger partial charge in [-0.05, 0) is 31.9 Å². The molecule has 0 amide bonds. The maximum atomic E-state index is 12.1. The lowest BCUT2D eigenvalue weighted by Gasteiger charge is -2.42. The number of fused-ring (bicyclic) bond motifs is 2. The van der Waals surface area contributed by atoms with E-state index in [-0.39, 0.29) is 17.8 Å². The molecule has 0 radical (unpaired) electrons. The van der Waals surface area contributed by atoms with Crippen molar-refractivity contribution < 1.29 is 9.53 Å². The zero-order valence-electron chi connectivity index (χ0n) is 11.6. The van der Waals surface area contributed by atoms with Gasteiger partial charge in [0.1, 0.15) is 0 Å². The van der Waals surface area contributed by atoms with Crippen LogP contribution in [0.2, 0.25) is 0 Å². The predicted octanol–water partition coefficient (Wildman–Crippen LogP) is 2.43. The van der Waals surface area contributed by atoms with E-state index in [0.717, 1.165) is 6.42 Å². The molecule has 3 heteroatoms. The van der Waals surface area contributed by atoms with E-state index in [9.17, 15) is 4.79 Å². The lowest BCUT2D eigenvalue weighted by molar-refractivity contribution is -0.149. The fourth-order valence-electron chi connectivity index (χ4n) is 3.99. The Balaban J connectivity index is 1.97. The normalized spacial score (nSPS) is 34.2. The van der Waals surface area contributed by atoms with E-state index < -0.39 is 0 Å². The third-order valence-corrected chi connectivity index (χ3v) is 4.96. The van der Waals surface area contributed by atoms with Gasteiger partial charge in [0.05, 0.1) is 13.0 Å². The molecule has 4 unspecified atom stereocenters. The van der Waals surface area contributed by atoms with Crippen LogP contribution in [0, 0.1) is 5.92 Å². The first kappa shape index (κ1) is 12.7. The Labute approximate surface area is 114 Å². The molecule has 0 aliphatic carbocycles. The van der Waals surface area contributed by atoms with Gasteiger partial charge < -0.3 is 4.74 Å². The summed E-state index contributed by atoms with van der Waals surface area (Å²) in [5.41, 5.74) is 1.27. The van der Waals surface area contributed by atoms with Crippen molar-refractivity contribution in [2.24, 2.45) is 5.92 Å². The van der Waals surface area contributed by atoms with Gasteiger partial charge in [-0.1, -0.05) is 30.3 Å². The van der Waals surface area contributed by atoms with Gasteiger partial charge in [0.15, 0.2) is 0 Å². The highest BCUT2D eigenvalue weighted by Crippen LogP contribution is 2.46. The highest BCUT2D eigenvalue weighted by molar-refractivity contribution is 5.74. The van der Waals surface area contributed by atoms with Crippen molar-refractivity contribution in [3.05, 3.63) is 35.9 Å². The second kappa shape index (κ2) is 4.97. The molecule has 1 aromatic carbocycles. The van der Waals surface area contributed by atoms with Crippen LogP contribution >= 0.6 is 0 Å². The van der Waals surface area contributed by atoms with Crippen molar-refractivity contribution in [2.75, 3.05) is 14.2 Å². The Morgan fingerprint density at radius 3 is 2.68 bits per heavy atom. The summed E-state index contributed by atoms with van der Waals surface area (Å²) in [5.74, 6) is 0.248. The van der Waals surface area contributed by atoms with Crippen molar-refractivity contribution in [3.8, 4) is 0 Å².